The Morgan fingerprint density at radius 3 is 2.00 bits per heavy atom. The summed E-state index contributed by atoms with van der Waals surface area (Å²) < 4.78 is 0. The lowest BCUT2D eigenvalue weighted by atomic mass is 9.64. The molecule has 0 unspecified atom stereocenters. The van der Waals surface area contributed by atoms with Crippen LogP contribution in [-0.2, 0) is 10.2 Å². The van der Waals surface area contributed by atoms with Gasteiger partial charge in [-0.05, 0) is 16.7 Å². The Balaban J connectivity index is 1.92. The van der Waals surface area contributed by atoms with Crippen molar-refractivity contribution in [2.75, 3.05) is 0 Å². The van der Waals surface area contributed by atoms with E-state index in [2.05, 4.69) is 18.2 Å². The number of ketones is 1. The minimum Gasteiger partial charge on any atom is -0.300 e. The highest BCUT2D eigenvalue weighted by atomic mass is 16.1. The van der Waals surface area contributed by atoms with Gasteiger partial charge in [-0.2, -0.15) is 5.26 Å². The molecule has 0 bridgehead atoms. The molecule has 0 atom stereocenters. The Bertz CT molecular complexity index is 642. The first kappa shape index (κ1) is 11.7. The molecule has 2 aromatic rings. The second-order valence-corrected chi connectivity index (χ2v) is 5.03. The third-order valence-electron chi connectivity index (χ3n) is 3.76. The van der Waals surface area contributed by atoms with E-state index in [9.17, 15) is 10.1 Å². The molecule has 92 valence electrons. The maximum atomic E-state index is 11.2. The Hall–Kier alpha value is -2.40. The third kappa shape index (κ3) is 1.94. The molecule has 0 N–H and O–H groups in total. The molecule has 1 aliphatic carbocycles. The van der Waals surface area contributed by atoms with E-state index in [1.54, 1.807) is 0 Å². The molecule has 0 heterocycles. The fraction of sp³-hybridized carbons (Fsp3) is 0.176. The summed E-state index contributed by atoms with van der Waals surface area (Å²) in [5, 5.41) is 9.29. The maximum Gasteiger partial charge on any atom is 0.136 e. The molecule has 2 aromatic carbocycles. The monoisotopic (exact) mass is 247 g/mol. The van der Waals surface area contributed by atoms with Crippen LogP contribution in [0, 0.1) is 11.3 Å². The highest BCUT2D eigenvalue weighted by Crippen LogP contribution is 2.41. The van der Waals surface area contributed by atoms with Gasteiger partial charge < -0.3 is 0 Å². The molecule has 0 amide bonds. The quantitative estimate of drug-likeness (QED) is 0.815. The zero-order valence-electron chi connectivity index (χ0n) is 10.5. The number of rotatable bonds is 2. The fourth-order valence-corrected chi connectivity index (χ4v) is 2.58. The van der Waals surface area contributed by atoms with E-state index in [0.717, 1.165) is 16.7 Å². The molecule has 1 aliphatic rings. The van der Waals surface area contributed by atoms with Gasteiger partial charge in [-0.25, -0.2) is 0 Å². The van der Waals surface area contributed by atoms with Gasteiger partial charge in [-0.1, -0.05) is 54.6 Å². The first-order valence-corrected chi connectivity index (χ1v) is 6.32. The second-order valence-electron chi connectivity index (χ2n) is 5.03. The average molecular weight is 247 g/mol. The summed E-state index contributed by atoms with van der Waals surface area (Å²) >= 11 is 0. The van der Waals surface area contributed by atoms with Crippen LogP contribution in [0.5, 0.6) is 0 Å². The predicted octanol–water partition coefficient (Wildman–Crippen LogP) is 3.48. The lowest BCUT2D eigenvalue weighted by molar-refractivity contribution is -0.126. The summed E-state index contributed by atoms with van der Waals surface area (Å²) in [4.78, 5) is 11.2. The molecular weight excluding hydrogens is 234 g/mol. The fourth-order valence-electron chi connectivity index (χ4n) is 2.58. The molecule has 3 rings (SSSR count). The van der Waals surface area contributed by atoms with Crippen LogP contribution in [0.25, 0.3) is 11.1 Å². The molecule has 0 radical (unpaired) electrons. The van der Waals surface area contributed by atoms with Crippen LogP contribution in [0.1, 0.15) is 18.4 Å². The number of hydrogen-bond acceptors (Lipinski definition) is 2. The van der Waals surface area contributed by atoms with Crippen LogP contribution in [0.4, 0.5) is 0 Å². The Morgan fingerprint density at radius 2 is 1.47 bits per heavy atom. The predicted molar refractivity (Wildman–Crippen MR) is 73.4 cm³/mol. The maximum absolute atomic E-state index is 11.2. The van der Waals surface area contributed by atoms with E-state index in [1.165, 1.54) is 0 Å². The summed E-state index contributed by atoms with van der Waals surface area (Å²) in [6, 6.07) is 20.4. The third-order valence-corrected chi connectivity index (χ3v) is 3.76. The SMILES string of the molecule is N#CC1(c2ccc(-c3ccccc3)cc2)CC(=O)C1. The van der Waals surface area contributed by atoms with Crippen molar-refractivity contribution in [2.45, 2.75) is 18.3 Å². The van der Waals surface area contributed by atoms with Crippen molar-refractivity contribution in [3.05, 3.63) is 60.2 Å². The molecule has 0 aromatic heterocycles. The summed E-state index contributed by atoms with van der Waals surface area (Å²) in [6.45, 7) is 0. The van der Waals surface area contributed by atoms with Crippen LogP contribution in [0.3, 0.4) is 0 Å². The first-order chi connectivity index (χ1) is 9.23. The van der Waals surface area contributed by atoms with E-state index >= 15 is 0 Å². The molecule has 0 saturated heterocycles. The van der Waals surface area contributed by atoms with Gasteiger partial charge in [0.1, 0.15) is 5.78 Å². The Labute approximate surface area is 112 Å². The minimum atomic E-state index is -0.577. The highest BCUT2D eigenvalue weighted by molar-refractivity contribution is 5.90. The number of benzene rings is 2. The average Bonchev–Trinajstić information content (AvgIpc) is 2.45. The summed E-state index contributed by atoms with van der Waals surface area (Å²) in [6.07, 6.45) is 0.711. The number of hydrogen-bond donors (Lipinski definition) is 0. The zero-order valence-corrected chi connectivity index (χ0v) is 10.5. The number of nitrogens with zero attached hydrogens (tertiary/aromatic N) is 1. The summed E-state index contributed by atoms with van der Waals surface area (Å²) in [5.74, 6) is 0.175. The molecule has 0 aliphatic heterocycles. The minimum absolute atomic E-state index is 0.175. The lowest BCUT2D eigenvalue weighted by Gasteiger charge is -2.34. The van der Waals surface area contributed by atoms with Gasteiger partial charge in [-0.15, -0.1) is 0 Å². The number of nitriles is 1. The van der Waals surface area contributed by atoms with Crippen molar-refractivity contribution in [1.82, 2.24) is 0 Å². The second kappa shape index (κ2) is 4.37. The lowest BCUT2D eigenvalue weighted by Crippen LogP contribution is -2.40. The summed E-state index contributed by atoms with van der Waals surface area (Å²) in [7, 11) is 0. The Morgan fingerprint density at radius 1 is 0.895 bits per heavy atom. The van der Waals surface area contributed by atoms with Crippen molar-refractivity contribution in [2.24, 2.45) is 0 Å². The van der Waals surface area contributed by atoms with Crippen LogP contribution >= 0.6 is 0 Å². The van der Waals surface area contributed by atoms with Crippen molar-refractivity contribution in [3.63, 3.8) is 0 Å². The van der Waals surface area contributed by atoms with Gasteiger partial charge in [0.05, 0.1) is 11.5 Å². The van der Waals surface area contributed by atoms with Gasteiger partial charge >= 0.3 is 0 Å². The summed E-state index contributed by atoms with van der Waals surface area (Å²) in [5.41, 5.74) is 2.66. The highest BCUT2D eigenvalue weighted by Gasteiger charge is 2.45. The van der Waals surface area contributed by atoms with Crippen molar-refractivity contribution in [3.8, 4) is 17.2 Å². The van der Waals surface area contributed by atoms with Crippen LogP contribution in [0.2, 0.25) is 0 Å². The molecule has 1 saturated carbocycles. The molecule has 0 spiro atoms. The normalized spacial score (nSPS) is 16.5. The molecule has 19 heavy (non-hydrogen) atoms. The van der Waals surface area contributed by atoms with Gasteiger partial charge in [-0.3, -0.25) is 4.79 Å². The number of Topliss-reactive ketones (excluding diaryl/α,β-unsaturated/α-hetero) is 1. The van der Waals surface area contributed by atoms with E-state index in [0.29, 0.717) is 12.8 Å². The van der Waals surface area contributed by atoms with Gasteiger partial charge in [0.25, 0.3) is 0 Å². The smallest absolute Gasteiger partial charge is 0.136 e. The van der Waals surface area contributed by atoms with Crippen LogP contribution < -0.4 is 0 Å². The van der Waals surface area contributed by atoms with E-state index in [4.69, 9.17) is 0 Å². The van der Waals surface area contributed by atoms with Gasteiger partial charge in [0.2, 0.25) is 0 Å². The van der Waals surface area contributed by atoms with Gasteiger partial charge in [0, 0.05) is 12.8 Å². The van der Waals surface area contributed by atoms with E-state index in [1.807, 2.05) is 42.5 Å². The molecule has 2 heteroatoms. The largest absolute Gasteiger partial charge is 0.300 e. The number of carbonyl (C=O) groups excluding carboxylic acids is 1. The Kier molecular flexibility index (Phi) is 2.68. The van der Waals surface area contributed by atoms with Crippen molar-refractivity contribution < 1.29 is 4.79 Å². The topological polar surface area (TPSA) is 40.9 Å². The molecule has 2 nitrogen and oxygen atoms in total. The zero-order chi connectivity index (χ0) is 13.3. The van der Waals surface area contributed by atoms with E-state index in [-0.39, 0.29) is 5.78 Å². The standard InChI is InChI=1S/C17H13NO/c18-12-17(10-16(19)11-17)15-8-6-14(7-9-15)13-4-2-1-3-5-13/h1-9H,10-11H2. The van der Waals surface area contributed by atoms with Gasteiger partial charge in [0.15, 0.2) is 0 Å². The number of carbonyl (C=O) groups is 1. The van der Waals surface area contributed by atoms with E-state index < -0.39 is 5.41 Å². The van der Waals surface area contributed by atoms with Crippen LogP contribution in [0.15, 0.2) is 54.6 Å². The first-order valence-electron chi connectivity index (χ1n) is 6.32. The van der Waals surface area contributed by atoms with Crippen molar-refractivity contribution >= 4 is 5.78 Å². The molecular formula is C17H13NO. The van der Waals surface area contributed by atoms with Crippen molar-refractivity contribution in [1.29, 1.82) is 5.26 Å². The molecule has 1 fully saturated rings. The van der Waals surface area contributed by atoms with Crippen LogP contribution in [-0.4, -0.2) is 5.78 Å².